The molecule has 0 heterocycles. The Balaban J connectivity index is 3.43. The molecule has 0 saturated carbocycles. The Morgan fingerprint density at radius 1 is 1.15 bits per heavy atom. The van der Waals surface area contributed by atoms with Gasteiger partial charge in [0, 0.05) is 10.6 Å². The fourth-order valence-corrected chi connectivity index (χ4v) is 2.02. The molecule has 0 amide bonds. The summed E-state index contributed by atoms with van der Waals surface area (Å²) < 4.78 is 0. The van der Waals surface area contributed by atoms with Crippen molar-refractivity contribution in [3.63, 3.8) is 0 Å². The van der Waals surface area contributed by atoms with Crippen molar-refractivity contribution in [1.29, 1.82) is 0 Å². The van der Waals surface area contributed by atoms with Crippen molar-refractivity contribution < 1.29 is 0 Å². The van der Waals surface area contributed by atoms with Gasteiger partial charge >= 0.3 is 0 Å². The van der Waals surface area contributed by atoms with Gasteiger partial charge in [0.2, 0.25) is 0 Å². The van der Waals surface area contributed by atoms with Gasteiger partial charge in [-0.15, -0.1) is 0 Å². The van der Waals surface area contributed by atoms with Gasteiger partial charge in [0.25, 0.3) is 0 Å². The van der Waals surface area contributed by atoms with Gasteiger partial charge in [0.1, 0.15) is 0 Å². The quantitative estimate of drug-likeness (QED) is 0.736. The van der Waals surface area contributed by atoms with Crippen LogP contribution < -0.4 is 5.73 Å². The monoisotopic (exact) mass is 197 g/mol. The van der Waals surface area contributed by atoms with E-state index < -0.39 is 0 Å². The zero-order valence-electron chi connectivity index (χ0n) is 8.61. The van der Waals surface area contributed by atoms with Crippen LogP contribution in [0.2, 0.25) is 5.02 Å². The van der Waals surface area contributed by atoms with Crippen LogP contribution >= 0.6 is 11.6 Å². The first-order valence-corrected chi connectivity index (χ1v) is 4.77. The van der Waals surface area contributed by atoms with Crippen molar-refractivity contribution in [3.05, 3.63) is 33.8 Å². The third-order valence-electron chi connectivity index (χ3n) is 2.19. The van der Waals surface area contributed by atoms with Gasteiger partial charge in [-0.05, 0) is 44.4 Å². The lowest BCUT2D eigenvalue weighted by Crippen LogP contribution is -2.30. The molecule has 0 aliphatic carbocycles. The van der Waals surface area contributed by atoms with Crippen LogP contribution in [0.5, 0.6) is 0 Å². The topological polar surface area (TPSA) is 26.0 Å². The molecule has 2 N–H and O–H groups in total. The molecule has 1 aromatic carbocycles. The molecular formula is C11H16ClN. The molecule has 1 aromatic rings. The van der Waals surface area contributed by atoms with E-state index in [0.29, 0.717) is 0 Å². The fraction of sp³-hybridized carbons (Fsp3) is 0.455. The van der Waals surface area contributed by atoms with E-state index in [9.17, 15) is 0 Å². The highest BCUT2D eigenvalue weighted by Gasteiger charge is 2.20. The normalized spacial score (nSPS) is 11.8. The average molecular weight is 198 g/mol. The lowest BCUT2D eigenvalue weighted by molar-refractivity contribution is 0.550. The molecule has 1 rings (SSSR count). The van der Waals surface area contributed by atoms with Crippen molar-refractivity contribution in [2.45, 2.75) is 33.2 Å². The highest BCUT2D eigenvalue weighted by molar-refractivity contribution is 6.32. The lowest BCUT2D eigenvalue weighted by atomic mass is 9.90. The lowest BCUT2D eigenvalue weighted by Gasteiger charge is -2.24. The molecule has 0 radical (unpaired) electrons. The van der Waals surface area contributed by atoms with E-state index in [2.05, 4.69) is 6.07 Å². The first-order chi connectivity index (χ1) is 5.84. The second kappa shape index (κ2) is 3.32. The minimum Gasteiger partial charge on any atom is -0.322 e. The van der Waals surface area contributed by atoms with Gasteiger partial charge in [-0.3, -0.25) is 0 Å². The molecule has 72 valence electrons. The van der Waals surface area contributed by atoms with E-state index in [1.54, 1.807) is 0 Å². The third-order valence-corrected chi connectivity index (χ3v) is 2.67. The van der Waals surface area contributed by atoms with Crippen LogP contribution in [0.25, 0.3) is 0 Å². The van der Waals surface area contributed by atoms with Gasteiger partial charge in [-0.1, -0.05) is 23.7 Å². The Bertz CT molecular complexity index is 324. The molecule has 1 nitrogen and oxygen atoms in total. The molecule has 0 aliphatic rings. The van der Waals surface area contributed by atoms with Crippen molar-refractivity contribution >= 4 is 11.6 Å². The summed E-state index contributed by atoms with van der Waals surface area (Å²) in [7, 11) is 0. The number of hydrogen-bond acceptors (Lipinski definition) is 1. The van der Waals surface area contributed by atoms with Crippen LogP contribution in [0.15, 0.2) is 12.1 Å². The van der Waals surface area contributed by atoms with E-state index in [4.69, 9.17) is 17.3 Å². The van der Waals surface area contributed by atoms with E-state index >= 15 is 0 Å². The van der Waals surface area contributed by atoms with E-state index in [1.807, 2.05) is 33.8 Å². The molecule has 0 atom stereocenters. The van der Waals surface area contributed by atoms with E-state index in [1.165, 1.54) is 0 Å². The highest BCUT2D eigenvalue weighted by atomic mass is 35.5. The maximum absolute atomic E-state index is 6.20. The van der Waals surface area contributed by atoms with Gasteiger partial charge in [-0.25, -0.2) is 0 Å². The second-order valence-corrected chi connectivity index (χ2v) is 4.49. The van der Waals surface area contributed by atoms with Gasteiger partial charge in [-0.2, -0.15) is 0 Å². The van der Waals surface area contributed by atoms with Crippen LogP contribution in [-0.2, 0) is 5.54 Å². The summed E-state index contributed by atoms with van der Waals surface area (Å²) in [5, 5.41) is 0.799. The molecule has 13 heavy (non-hydrogen) atoms. The Morgan fingerprint density at radius 3 is 2.00 bits per heavy atom. The van der Waals surface area contributed by atoms with E-state index in [0.717, 1.165) is 21.7 Å². The molecule has 0 spiro atoms. The largest absolute Gasteiger partial charge is 0.322 e. The molecule has 0 unspecified atom stereocenters. The van der Waals surface area contributed by atoms with Gasteiger partial charge in [0.05, 0.1) is 0 Å². The summed E-state index contributed by atoms with van der Waals surface area (Å²) in [6, 6.07) is 4.08. The number of aryl methyl sites for hydroxylation is 2. The molecule has 0 saturated heterocycles. The second-order valence-electron chi connectivity index (χ2n) is 4.11. The summed E-state index contributed by atoms with van der Waals surface area (Å²) in [6.45, 7) is 7.98. The van der Waals surface area contributed by atoms with Crippen molar-refractivity contribution in [3.8, 4) is 0 Å². The number of nitrogens with two attached hydrogens (primary N) is 1. The number of rotatable bonds is 1. The predicted molar refractivity (Wildman–Crippen MR) is 58.1 cm³/mol. The number of halogens is 1. The minimum absolute atomic E-state index is 0.368. The molecule has 2 heteroatoms. The zero-order valence-corrected chi connectivity index (χ0v) is 9.37. The van der Waals surface area contributed by atoms with Crippen LogP contribution in [0.4, 0.5) is 0 Å². The Hall–Kier alpha value is -0.530. The SMILES string of the molecule is Cc1ccc(C)c(C(C)(C)N)c1Cl. The molecule has 0 aromatic heterocycles. The summed E-state index contributed by atoms with van der Waals surface area (Å²) >= 11 is 6.20. The molecule has 0 bridgehead atoms. The molecular weight excluding hydrogens is 182 g/mol. The molecule has 0 aliphatic heterocycles. The summed E-state index contributed by atoms with van der Waals surface area (Å²) in [5.74, 6) is 0. The first kappa shape index (κ1) is 10.6. The van der Waals surface area contributed by atoms with Crippen molar-refractivity contribution in [2.75, 3.05) is 0 Å². The maximum Gasteiger partial charge on any atom is 0.0488 e. The van der Waals surface area contributed by atoms with Crippen LogP contribution in [-0.4, -0.2) is 0 Å². The smallest absolute Gasteiger partial charge is 0.0488 e. The van der Waals surface area contributed by atoms with Gasteiger partial charge < -0.3 is 5.73 Å². The first-order valence-electron chi connectivity index (χ1n) is 4.39. The Morgan fingerprint density at radius 2 is 1.62 bits per heavy atom. The zero-order chi connectivity index (χ0) is 10.2. The summed E-state index contributed by atoms with van der Waals surface area (Å²) in [4.78, 5) is 0. The molecule has 0 fully saturated rings. The standard InChI is InChI=1S/C11H16ClN/c1-7-5-6-8(2)10(12)9(7)11(3,4)13/h5-6H,13H2,1-4H3. The Labute approximate surface area is 84.9 Å². The summed E-state index contributed by atoms with van der Waals surface area (Å²) in [6.07, 6.45) is 0. The third kappa shape index (κ3) is 2.04. The highest BCUT2D eigenvalue weighted by Crippen LogP contribution is 2.31. The minimum atomic E-state index is -0.368. The predicted octanol–water partition coefficient (Wildman–Crippen LogP) is 3.15. The maximum atomic E-state index is 6.20. The average Bonchev–Trinajstić information content (AvgIpc) is 1.95. The van der Waals surface area contributed by atoms with Crippen LogP contribution in [0.3, 0.4) is 0 Å². The number of benzene rings is 1. The van der Waals surface area contributed by atoms with Crippen molar-refractivity contribution in [1.82, 2.24) is 0 Å². The fourth-order valence-electron chi connectivity index (χ4n) is 1.57. The van der Waals surface area contributed by atoms with Crippen LogP contribution in [0, 0.1) is 13.8 Å². The van der Waals surface area contributed by atoms with E-state index in [-0.39, 0.29) is 5.54 Å². The summed E-state index contributed by atoms with van der Waals surface area (Å²) in [5.41, 5.74) is 8.96. The van der Waals surface area contributed by atoms with Gasteiger partial charge in [0.15, 0.2) is 0 Å². The Kier molecular flexibility index (Phi) is 2.69. The van der Waals surface area contributed by atoms with Crippen molar-refractivity contribution in [2.24, 2.45) is 5.73 Å². The number of hydrogen-bond donors (Lipinski definition) is 1. The van der Waals surface area contributed by atoms with Crippen LogP contribution in [0.1, 0.15) is 30.5 Å².